The quantitative estimate of drug-likeness (QED) is 0.228. The van der Waals surface area contributed by atoms with Gasteiger partial charge in [0.15, 0.2) is 10.3 Å². The summed E-state index contributed by atoms with van der Waals surface area (Å²) in [6, 6.07) is 11.1. The fourth-order valence-electron chi connectivity index (χ4n) is 3.60. The highest BCUT2D eigenvalue weighted by atomic mass is 32.2. The third kappa shape index (κ3) is 6.96. The van der Waals surface area contributed by atoms with Crippen LogP contribution in [0.15, 0.2) is 95.5 Å². The van der Waals surface area contributed by atoms with Crippen molar-refractivity contribution in [3.8, 4) is 0 Å². The number of hydrogen-bond acceptors (Lipinski definition) is 8. The third-order valence-corrected chi connectivity index (χ3v) is 7.52. The molecule has 0 saturated heterocycles. The van der Waals surface area contributed by atoms with Gasteiger partial charge in [0.25, 0.3) is 11.8 Å². The first-order valence-electron chi connectivity index (χ1n) is 12.1. The molecule has 2 aliphatic heterocycles. The van der Waals surface area contributed by atoms with Crippen LogP contribution in [0.4, 0.5) is 0 Å². The van der Waals surface area contributed by atoms with Crippen molar-refractivity contribution in [2.24, 2.45) is 9.98 Å². The van der Waals surface area contributed by atoms with Gasteiger partial charge in [-0.1, -0.05) is 47.8 Å². The minimum atomic E-state index is -0.144. The molecular weight excluding hydrogens is 516 g/mol. The number of amidine groups is 2. The molecule has 0 fully saturated rings. The molecule has 0 unspecified atom stereocenters. The molecule has 2 aromatic heterocycles. The van der Waals surface area contributed by atoms with Crippen molar-refractivity contribution in [2.45, 2.75) is 12.8 Å². The molecule has 0 aliphatic carbocycles. The van der Waals surface area contributed by atoms with Gasteiger partial charge in [0.2, 0.25) is 0 Å². The Labute approximate surface area is 231 Å². The van der Waals surface area contributed by atoms with E-state index in [0.29, 0.717) is 46.2 Å². The van der Waals surface area contributed by atoms with E-state index in [4.69, 9.17) is 0 Å². The van der Waals surface area contributed by atoms with Crippen LogP contribution in [0, 0.1) is 0 Å². The average molecular weight is 545 g/mol. The SMILES string of the molecule is C=CCN1C(=O)/C(=C/c2ccccn2)N=C1SCCCCSC1=N/C(=C\c2ccccn2)C(=O)N1CC=C. The van der Waals surface area contributed by atoms with Crippen LogP contribution in [0.25, 0.3) is 12.2 Å². The number of carbonyl (C=O) groups excluding carboxylic acids is 2. The van der Waals surface area contributed by atoms with E-state index in [9.17, 15) is 9.59 Å². The van der Waals surface area contributed by atoms with Gasteiger partial charge in [0.1, 0.15) is 11.4 Å². The van der Waals surface area contributed by atoms with Gasteiger partial charge in [-0.2, -0.15) is 0 Å². The van der Waals surface area contributed by atoms with E-state index >= 15 is 0 Å². The van der Waals surface area contributed by atoms with Crippen molar-refractivity contribution in [3.63, 3.8) is 0 Å². The number of amides is 2. The number of rotatable bonds is 11. The highest BCUT2D eigenvalue weighted by molar-refractivity contribution is 8.14. The second kappa shape index (κ2) is 13.7. The lowest BCUT2D eigenvalue weighted by molar-refractivity contribution is -0.123. The van der Waals surface area contributed by atoms with Crippen LogP contribution >= 0.6 is 23.5 Å². The Morgan fingerprint density at radius 3 is 1.53 bits per heavy atom. The van der Waals surface area contributed by atoms with E-state index in [2.05, 4.69) is 33.1 Å². The van der Waals surface area contributed by atoms with Crippen LogP contribution < -0.4 is 0 Å². The maximum Gasteiger partial charge on any atom is 0.278 e. The zero-order valence-electron chi connectivity index (χ0n) is 20.9. The summed E-state index contributed by atoms with van der Waals surface area (Å²) in [5.41, 5.74) is 2.14. The fraction of sp³-hybridized carbons (Fsp3) is 0.214. The molecule has 0 saturated carbocycles. The normalized spacial score (nSPS) is 17.4. The average Bonchev–Trinajstić information content (AvgIpc) is 3.38. The van der Waals surface area contributed by atoms with E-state index in [0.717, 1.165) is 24.3 Å². The molecule has 2 amide bonds. The maximum absolute atomic E-state index is 12.8. The summed E-state index contributed by atoms with van der Waals surface area (Å²) in [4.78, 5) is 46.6. The molecule has 0 radical (unpaired) electrons. The lowest BCUT2D eigenvalue weighted by Gasteiger charge is -2.16. The Morgan fingerprint density at radius 2 is 1.16 bits per heavy atom. The van der Waals surface area contributed by atoms with E-state index in [1.54, 1.807) is 70.0 Å². The molecule has 4 rings (SSSR count). The molecule has 10 heteroatoms. The Bertz CT molecular complexity index is 1200. The topological polar surface area (TPSA) is 91.1 Å². The molecule has 0 bridgehead atoms. The van der Waals surface area contributed by atoms with Gasteiger partial charge in [-0.05, 0) is 49.3 Å². The van der Waals surface area contributed by atoms with Crippen LogP contribution in [-0.2, 0) is 9.59 Å². The summed E-state index contributed by atoms with van der Waals surface area (Å²) < 4.78 is 0. The summed E-state index contributed by atoms with van der Waals surface area (Å²) in [6.45, 7) is 8.35. The molecule has 194 valence electrons. The molecule has 4 heterocycles. The Balaban J connectivity index is 1.30. The number of thioether (sulfide) groups is 2. The van der Waals surface area contributed by atoms with Crippen molar-refractivity contribution in [2.75, 3.05) is 24.6 Å². The van der Waals surface area contributed by atoms with Crippen LogP contribution in [0.2, 0.25) is 0 Å². The minimum Gasteiger partial charge on any atom is -0.282 e. The van der Waals surface area contributed by atoms with Gasteiger partial charge in [-0.25, -0.2) is 9.98 Å². The Hall–Kier alpha value is -3.76. The second-order valence-electron chi connectivity index (χ2n) is 8.17. The Kier molecular flexibility index (Phi) is 9.83. The molecular formula is C28H28N6O2S2. The van der Waals surface area contributed by atoms with Crippen LogP contribution in [-0.4, -0.2) is 66.5 Å². The summed E-state index contributed by atoms with van der Waals surface area (Å²) >= 11 is 3.11. The van der Waals surface area contributed by atoms with Crippen LogP contribution in [0.1, 0.15) is 24.2 Å². The third-order valence-electron chi connectivity index (χ3n) is 5.39. The summed E-state index contributed by atoms with van der Waals surface area (Å²) in [7, 11) is 0. The first-order valence-corrected chi connectivity index (χ1v) is 14.1. The van der Waals surface area contributed by atoms with Crippen LogP contribution in [0.3, 0.4) is 0 Å². The molecule has 8 nitrogen and oxygen atoms in total. The summed E-state index contributed by atoms with van der Waals surface area (Å²) in [6.07, 6.45) is 12.0. The molecule has 0 atom stereocenters. The first-order chi connectivity index (χ1) is 18.6. The van der Waals surface area contributed by atoms with Gasteiger partial charge in [0, 0.05) is 37.0 Å². The predicted molar refractivity (Wildman–Crippen MR) is 157 cm³/mol. The van der Waals surface area contributed by atoms with Gasteiger partial charge >= 0.3 is 0 Å². The lowest BCUT2D eigenvalue weighted by Crippen LogP contribution is -2.30. The van der Waals surface area contributed by atoms with Gasteiger partial charge < -0.3 is 0 Å². The van der Waals surface area contributed by atoms with Crippen molar-refractivity contribution in [1.29, 1.82) is 0 Å². The molecule has 0 N–H and O–H groups in total. The molecule has 2 aliphatic rings. The predicted octanol–water partition coefficient (Wildman–Crippen LogP) is 4.87. The fourth-order valence-corrected chi connectivity index (χ4v) is 5.61. The number of unbranched alkanes of at least 4 members (excludes halogenated alkanes) is 1. The molecule has 2 aromatic rings. The number of pyridine rings is 2. The lowest BCUT2D eigenvalue weighted by atomic mass is 10.3. The van der Waals surface area contributed by atoms with Gasteiger partial charge in [-0.3, -0.25) is 29.4 Å². The van der Waals surface area contributed by atoms with E-state index in [1.165, 1.54) is 0 Å². The highest BCUT2D eigenvalue weighted by Crippen LogP contribution is 2.26. The zero-order valence-corrected chi connectivity index (χ0v) is 22.5. The second-order valence-corrected chi connectivity index (χ2v) is 10.3. The monoisotopic (exact) mass is 544 g/mol. The van der Waals surface area contributed by atoms with Gasteiger partial charge in [-0.15, -0.1) is 13.2 Å². The smallest absolute Gasteiger partial charge is 0.278 e. The minimum absolute atomic E-state index is 0.144. The molecule has 0 aromatic carbocycles. The summed E-state index contributed by atoms with van der Waals surface area (Å²) in [5, 5.41) is 1.36. The number of carbonyl (C=O) groups is 2. The number of nitrogens with zero attached hydrogens (tertiary/aromatic N) is 6. The van der Waals surface area contributed by atoms with Crippen LogP contribution in [0.5, 0.6) is 0 Å². The number of hydrogen-bond donors (Lipinski definition) is 0. The molecule has 38 heavy (non-hydrogen) atoms. The van der Waals surface area contributed by atoms with E-state index in [1.807, 2.05) is 36.4 Å². The maximum atomic E-state index is 12.8. The standard InChI is InChI=1S/C28H28N6O2S2/c1-3-15-33-25(35)23(19-21-11-5-7-13-29-21)31-27(33)37-17-9-10-18-38-28-32-24(26(36)34(28)16-4-2)20-22-12-6-8-14-30-22/h3-8,11-14,19-20H,1-2,9-10,15-18H2/b23-19-,24-20-. The van der Waals surface area contributed by atoms with E-state index in [-0.39, 0.29) is 11.8 Å². The number of aliphatic imine (C=N–C) groups is 2. The first kappa shape index (κ1) is 27.3. The Morgan fingerprint density at radius 1 is 0.711 bits per heavy atom. The highest BCUT2D eigenvalue weighted by Gasteiger charge is 2.30. The van der Waals surface area contributed by atoms with Crippen molar-refractivity contribution in [1.82, 2.24) is 19.8 Å². The van der Waals surface area contributed by atoms with Gasteiger partial charge in [0.05, 0.1) is 11.4 Å². The zero-order chi connectivity index (χ0) is 26.7. The van der Waals surface area contributed by atoms with Crippen molar-refractivity contribution in [3.05, 3.63) is 96.9 Å². The largest absolute Gasteiger partial charge is 0.282 e. The van der Waals surface area contributed by atoms with E-state index < -0.39 is 0 Å². The molecule has 0 spiro atoms. The summed E-state index contributed by atoms with van der Waals surface area (Å²) in [5.74, 6) is 1.33. The number of aromatic nitrogens is 2. The van der Waals surface area contributed by atoms with Crippen molar-refractivity contribution >= 4 is 57.8 Å². The van der Waals surface area contributed by atoms with Crippen molar-refractivity contribution < 1.29 is 9.59 Å².